The number of ether oxygens (including phenoxy) is 1. The fraction of sp³-hybridized carbons (Fsp3) is 0.361. The molecule has 2 aliphatic rings. The van der Waals surface area contributed by atoms with E-state index in [9.17, 15) is 19.1 Å². The molecule has 48 heavy (non-hydrogen) atoms. The van der Waals surface area contributed by atoms with Gasteiger partial charge in [0.2, 0.25) is 11.8 Å². The highest BCUT2D eigenvalue weighted by Gasteiger charge is 2.46. The molecule has 2 aromatic heterocycles. The molecule has 0 bridgehead atoms. The van der Waals surface area contributed by atoms with Gasteiger partial charge in [0.25, 0.3) is 5.56 Å². The number of hydrogen-bond acceptors (Lipinski definition) is 8. The number of piperidine rings is 1. The van der Waals surface area contributed by atoms with Crippen molar-refractivity contribution in [3.63, 3.8) is 0 Å². The van der Waals surface area contributed by atoms with E-state index in [1.807, 2.05) is 37.3 Å². The minimum absolute atomic E-state index is 0.0652. The third kappa shape index (κ3) is 7.37. The molecule has 3 N–H and O–H groups in total. The third-order valence-electron chi connectivity index (χ3n) is 9.16. The molecule has 1 saturated carbocycles. The van der Waals surface area contributed by atoms with Gasteiger partial charge < -0.3 is 20.5 Å². The monoisotopic (exact) mass is 654 g/mol. The summed E-state index contributed by atoms with van der Waals surface area (Å²) in [5, 5.41) is 11.4. The number of nitrogens with zero attached hydrogens (tertiary/aromatic N) is 5. The molecular weight excluding hydrogens is 618 g/mol. The van der Waals surface area contributed by atoms with Crippen molar-refractivity contribution in [3.05, 3.63) is 106 Å². The van der Waals surface area contributed by atoms with E-state index in [4.69, 9.17) is 10.5 Å². The Bertz CT molecular complexity index is 1880. The summed E-state index contributed by atoms with van der Waals surface area (Å²) in [7, 11) is 0. The van der Waals surface area contributed by atoms with Gasteiger partial charge in [0.1, 0.15) is 23.6 Å². The van der Waals surface area contributed by atoms with Crippen LogP contribution in [0.25, 0.3) is 0 Å². The van der Waals surface area contributed by atoms with Gasteiger partial charge in [-0.1, -0.05) is 36.3 Å². The van der Waals surface area contributed by atoms with Crippen molar-refractivity contribution < 1.29 is 23.4 Å². The first-order chi connectivity index (χ1) is 23.0. The highest BCUT2D eigenvalue weighted by atomic mass is 19.1. The Hall–Kier alpha value is -5.15. The summed E-state index contributed by atoms with van der Waals surface area (Å²) in [5.74, 6) is 4.40. The number of aryl methyl sites for hydroxylation is 1. The fourth-order valence-corrected chi connectivity index (χ4v) is 6.42. The van der Waals surface area contributed by atoms with Crippen molar-refractivity contribution in [2.75, 3.05) is 18.8 Å². The quantitative estimate of drug-likeness (QED) is 0.289. The van der Waals surface area contributed by atoms with Crippen molar-refractivity contribution >= 4 is 11.6 Å². The van der Waals surface area contributed by atoms with E-state index in [-0.39, 0.29) is 74.5 Å². The minimum Gasteiger partial charge on any atom is -0.437 e. The lowest BCUT2D eigenvalue weighted by Gasteiger charge is -2.43. The Balaban J connectivity index is 1.12. The molecule has 0 unspecified atom stereocenters. The second kappa shape index (κ2) is 13.5. The lowest BCUT2D eigenvalue weighted by Crippen LogP contribution is -2.52. The minimum atomic E-state index is -1.80. The molecule has 0 spiro atoms. The molecule has 12 heteroatoms. The van der Waals surface area contributed by atoms with E-state index in [1.165, 1.54) is 41.4 Å². The number of anilines is 1. The van der Waals surface area contributed by atoms with Crippen LogP contribution in [0.3, 0.4) is 0 Å². The number of nitrogen functional groups attached to an aromatic ring is 1. The number of aromatic nitrogens is 4. The maximum atomic E-state index is 16.2. The Labute approximate surface area is 276 Å². The van der Waals surface area contributed by atoms with Crippen LogP contribution in [0.2, 0.25) is 0 Å². The van der Waals surface area contributed by atoms with E-state index in [0.717, 1.165) is 11.3 Å². The molecule has 6 rings (SSSR count). The predicted octanol–water partition coefficient (Wildman–Crippen LogP) is 4.55. The summed E-state index contributed by atoms with van der Waals surface area (Å²) in [6, 6.07) is 14.7. The first kappa shape index (κ1) is 32.8. The zero-order chi connectivity index (χ0) is 33.9. The van der Waals surface area contributed by atoms with Gasteiger partial charge in [0, 0.05) is 31.6 Å². The van der Waals surface area contributed by atoms with Crippen LogP contribution in [0.1, 0.15) is 55.0 Å². The molecule has 1 aliphatic heterocycles. The highest BCUT2D eigenvalue weighted by Crippen LogP contribution is 2.45. The Kier molecular flexibility index (Phi) is 9.24. The molecule has 248 valence electrons. The second-order valence-corrected chi connectivity index (χ2v) is 12.6. The number of amides is 1. The zero-order valence-electron chi connectivity index (χ0n) is 26.5. The summed E-state index contributed by atoms with van der Waals surface area (Å²) in [5.41, 5.74) is 4.11. The largest absolute Gasteiger partial charge is 0.437 e. The number of hydrogen-bond donors (Lipinski definition) is 2. The molecule has 1 amide bonds. The number of benzene rings is 2. The Morgan fingerprint density at radius 2 is 1.79 bits per heavy atom. The highest BCUT2D eigenvalue weighted by molar-refractivity contribution is 5.80. The second-order valence-electron chi connectivity index (χ2n) is 12.6. The molecular formula is C36H36F2N6O4. The van der Waals surface area contributed by atoms with Crippen LogP contribution >= 0.6 is 0 Å². The van der Waals surface area contributed by atoms with E-state index in [0.29, 0.717) is 12.1 Å². The van der Waals surface area contributed by atoms with Crippen molar-refractivity contribution in [1.82, 2.24) is 24.4 Å². The van der Waals surface area contributed by atoms with Gasteiger partial charge in [-0.2, -0.15) is 0 Å². The standard InChI is InChI=1S/C36H36F2N6O4/c1-24-20-41-27(21-40-24)11-13-35(38)14-12-29(30(19-35)25-5-3-2-4-6-25)33(45)43-17-15-36(47,16-18-43)22-44-23-42-32(31(39)34(44)46)48-28-9-7-26(37)8-10-28/h2-10,20-21,23,29-30,47H,12,14-19,22,39H2,1H3/t29-,30+,35-/m1/s1. The maximum Gasteiger partial charge on any atom is 0.280 e. The summed E-state index contributed by atoms with van der Waals surface area (Å²) in [6.45, 7) is 2.27. The lowest BCUT2D eigenvalue weighted by molar-refractivity contribution is -0.142. The Morgan fingerprint density at radius 3 is 2.48 bits per heavy atom. The number of nitrogens with two attached hydrogens (primary N) is 1. The fourth-order valence-electron chi connectivity index (χ4n) is 6.42. The number of halogens is 2. The molecule has 10 nitrogen and oxygen atoms in total. The number of aliphatic hydroxyl groups is 1. The summed E-state index contributed by atoms with van der Waals surface area (Å²) in [4.78, 5) is 41.3. The third-order valence-corrected chi connectivity index (χ3v) is 9.16. The molecule has 3 atom stereocenters. The Morgan fingerprint density at radius 1 is 1.06 bits per heavy atom. The molecule has 1 saturated heterocycles. The molecule has 0 radical (unpaired) electrons. The molecule has 4 aromatic rings. The normalized spacial score (nSPS) is 22.0. The van der Waals surface area contributed by atoms with Crippen LogP contribution < -0.4 is 16.0 Å². The van der Waals surface area contributed by atoms with Crippen molar-refractivity contribution in [1.29, 1.82) is 0 Å². The first-order valence-electron chi connectivity index (χ1n) is 15.9. The van der Waals surface area contributed by atoms with Crippen molar-refractivity contribution in [3.8, 4) is 23.5 Å². The van der Waals surface area contributed by atoms with E-state index in [1.54, 1.807) is 11.1 Å². The topological polar surface area (TPSA) is 136 Å². The van der Waals surface area contributed by atoms with Gasteiger partial charge in [-0.05, 0) is 74.3 Å². The van der Waals surface area contributed by atoms with Crippen LogP contribution in [-0.2, 0) is 11.3 Å². The van der Waals surface area contributed by atoms with Crippen LogP contribution in [0.4, 0.5) is 14.5 Å². The van der Waals surface area contributed by atoms with Crippen LogP contribution in [-0.4, -0.2) is 59.8 Å². The summed E-state index contributed by atoms with van der Waals surface area (Å²) in [6.07, 6.45) is 5.28. The SMILES string of the molecule is Cc1cnc(C#C[C@@]2(F)CC[C@@H](C(=O)N3CCC(O)(Cn4cnc(Oc5ccc(F)cc5)c(N)c4=O)CC3)[C@H](c3ccccc3)C2)cn1. The average molecular weight is 655 g/mol. The lowest BCUT2D eigenvalue weighted by atomic mass is 9.69. The predicted molar refractivity (Wildman–Crippen MR) is 174 cm³/mol. The number of rotatable bonds is 6. The van der Waals surface area contributed by atoms with Crippen LogP contribution in [0.15, 0.2) is 78.1 Å². The molecule has 2 aromatic carbocycles. The maximum absolute atomic E-state index is 16.2. The van der Waals surface area contributed by atoms with Gasteiger partial charge in [-0.25, -0.2) is 18.7 Å². The van der Waals surface area contributed by atoms with Crippen LogP contribution in [0.5, 0.6) is 11.6 Å². The number of likely N-dealkylation sites (tertiary alicyclic amines) is 1. The smallest absolute Gasteiger partial charge is 0.280 e. The molecule has 3 heterocycles. The van der Waals surface area contributed by atoms with Crippen LogP contribution in [0, 0.1) is 30.5 Å². The van der Waals surface area contributed by atoms with Gasteiger partial charge in [0.15, 0.2) is 11.4 Å². The summed E-state index contributed by atoms with van der Waals surface area (Å²) >= 11 is 0. The first-order valence-corrected chi connectivity index (χ1v) is 15.9. The van der Waals surface area contributed by atoms with Gasteiger partial charge in [-0.15, -0.1) is 0 Å². The van der Waals surface area contributed by atoms with E-state index < -0.39 is 28.6 Å². The van der Waals surface area contributed by atoms with Gasteiger partial charge in [0.05, 0.1) is 24.0 Å². The van der Waals surface area contributed by atoms with E-state index in [2.05, 4.69) is 26.8 Å². The summed E-state index contributed by atoms with van der Waals surface area (Å²) < 4.78 is 36.2. The number of carbonyl (C=O) groups is 1. The number of carbonyl (C=O) groups excluding carboxylic acids is 1. The number of alkyl halides is 1. The molecule has 1 aliphatic carbocycles. The van der Waals surface area contributed by atoms with Gasteiger partial charge in [-0.3, -0.25) is 19.1 Å². The van der Waals surface area contributed by atoms with Crippen molar-refractivity contribution in [2.45, 2.75) is 62.8 Å². The molecule has 2 fully saturated rings. The van der Waals surface area contributed by atoms with E-state index >= 15 is 4.39 Å². The average Bonchev–Trinajstić information content (AvgIpc) is 3.09. The zero-order valence-corrected chi connectivity index (χ0v) is 26.5. The van der Waals surface area contributed by atoms with Gasteiger partial charge >= 0.3 is 0 Å². The van der Waals surface area contributed by atoms with Crippen molar-refractivity contribution in [2.24, 2.45) is 5.92 Å².